The summed E-state index contributed by atoms with van der Waals surface area (Å²) in [4.78, 5) is 23.9. The second-order valence-electron chi connectivity index (χ2n) is 9.98. The lowest BCUT2D eigenvalue weighted by molar-refractivity contribution is -0.384. The van der Waals surface area contributed by atoms with E-state index in [-0.39, 0.29) is 11.6 Å². The normalized spacial score (nSPS) is 26.3. The number of rotatable bonds is 4. The zero-order valence-electron chi connectivity index (χ0n) is 19.0. The molecule has 5 atom stereocenters. The standard InChI is InChI=1S/C28H27N3O3/c1-16-7-11-21(31(33)34)15-24(16)30-28(32)20-10-12-23-22(14-20)25-18-8-9-19(13-18)26(25)27(29-23)17-5-3-2-4-6-17/h2-7,10-12,14-15,18-19,25-27,29H,8-9,13H2,1H3,(H,30,32)/t18-,19-,25-,26-,27-/m0/s1. The lowest BCUT2D eigenvalue weighted by Crippen LogP contribution is -2.35. The summed E-state index contributed by atoms with van der Waals surface area (Å²) in [5.41, 5.74) is 5.50. The summed E-state index contributed by atoms with van der Waals surface area (Å²) in [6, 6.07) is 21.5. The van der Waals surface area contributed by atoms with Gasteiger partial charge in [0.25, 0.3) is 11.6 Å². The molecule has 3 aromatic carbocycles. The van der Waals surface area contributed by atoms with Crippen LogP contribution in [0.3, 0.4) is 0 Å². The number of nitro benzene ring substituents is 1. The van der Waals surface area contributed by atoms with Crippen LogP contribution in [-0.4, -0.2) is 10.8 Å². The van der Waals surface area contributed by atoms with Crippen LogP contribution in [0.5, 0.6) is 0 Å². The van der Waals surface area contributed by atoms with Crippen molar-refractivity contribution >= 4 is 23.0 Å². The van der Waals surface area contributed by atoms with Gasteiger partial charge in [-0.2, -0.15) is 0 Å². The van der Waals surface area contributed by atoms with Crippen molar-refractivity contribution in [3.63, 3.8) is 0 Å². The van der Waals surface area contributed by atoms with Gasteiger partial charge in [0.05, 0.1) is 16.7 Å². The van der Waals surface area contributed by atoms with Gasteiger partial charge in [-0.1, -0.05) is 36.4 Å². The van der Waals surface area contributed by atoms with E-state index in [2.05, 4.69) is 41.0 Å². The molecule has 6 heteroatoms. The minimum atomic E-state index is -0.446. The Kier molecular flexibility index (Phi) is 4.90. The van der Waals surface area contributed by atoms with E-state index in [1.165, 1.54) is 42.5 Å². The third kappa shape index (κ3) is 3.36. The fraction of sp³-hybridized carbons (Fsp3) is 0.321. The highest BCUT2D eigenvalue weighted by molar-refractivity contribution is 6.05. The molecule has 3 aliphatic rings. The lowest BCUT2D eigenvalue weighted by Gasteiger charge is -2.43. The number of anilines is 2. The number of carbonyl (C=O) groups is 1. The number of benzene rings is 3. The molecule has 0 saturated heterocycles. The Labute approximate surface area is 198 Å². The molecule has 2 N–H and O–H groups in total. The van der Waals surface area contributed by atoms with Crippen LogP contribution in [0.25, 0.3) is 0 Å². The molecule has 3 aromatic rings. The molecule has 6 nitrogen and oxygen atoms in total. The number of non-ortho nitro benzene ring substituents is 1. The predicted octanol–water partition coefficient (Wildman–Crippen LogP) is 6.45. The zero-order valence-corrected chi connectivity index (χ0v) is 19.0. The smallest absolute Gasteiger partial charge is 0.271 e. The number of nitro groups is 1. The molecule has 2 bridgehead atoms. The first-order chi connectivity index (χ1) is 16.5. The Morgan fingerprint density at radius 2 is 1.82 bits per heavy atom. The third-order valence-electron chi connectivity index (χ3n) is 8.19. The summed E-state index contributed by atoms with van der Waals surface area (Å²) < 4.78 is 0. The average Bonchev–Trinajstić information content (AvgIpc) is 3.48. The van der Waals surface area contributed by atoms with E-state index in [0.717, 1.165) is 11.3 Å². The lowest BCUT2D eigenvalue weighted by atomic mass is 9.68. The maximum atomic E-state index is 13.2. The zero-order chi connectivity index (χ0) is 23.4. The minimum Gasteiger partial charge on any atom is -0.378 e. The third-order valence-corrected chi connectivity index (χ3v) is 8.19. The Balaban J connectivity index is 1.33. The highest BCUT2D eigenvalue weighted by atomic mass is 16.6. The van der Waals surface area contributed by atoms with E-state index in [0.29, 0.717) is 41.0 Å². The molecular formula is C28H27N3O3. The van der Waals surface area contributed by atoms with E-state index in [1.54, 1.807) is 6.07 Å². The summed E-state index contributed by atoms with van der Waals surface area (Å²) in [5.74, 6) is 2.13. The van der Waals surface area contributed by atoms with Gasteiger partial charge in [0.15, 0.2) is 0 Å². The van der Waals surface area contributed by atoms with Crippen molar-refractivity contribution in [3.05, 3.63) is 99.1 Å². The largest absolute Gasteiger partial charge is 0.378 e. The molecule has 2 saturated carbocycles. The summed E-state index contributed by atoms with van der Waals surface area (Å²) in [7, 11) is 0. The van der Waals surface area contributed by atoms with Crippen LogP contribution in [0.15, 0.2) is 66.7 Å². The molecule has 34 heavy (non-hydrogen) atoms. The van der Waals surface area contributed by atoms with Gasteiger partial charge in [0.2, 0.25) is 0 Å². The summed E-state index contributed by atoms with van der Waals surface area (Å²) in [6.07, 6.45) is 3.82. The molecule has 2 aliphatic carbocycles. The van der Waals surface area contributed by atoms with Crippen molar-refractivity contribution in [1.82, 2.24) is 0 Å². The summed E-state index contributed by atoms with van der Waals surface area (Å²) in [5, 5.41) is 17.9. The van der Waals surface area contributed by atoms with Gasteiger partial charge < -0.3 is 10.6 Å². The Hall–Kier alpha value is -3.67. The highest BCUT2D eigenvalue weighted by Gasteiger charge is 2.53. The van der Waals surface area contributed by atoms with Gasteiger partial charge >= 0.3 is 0 Å². The first-order valence-corrected chi connectivity index (χ1v) is 12.0. The van der Waals surface area contributed by atoms with Crippen molar-refractivity contribution in [3.8, 4) is 0 Å². The van der Waals surface area contributed by atoms with E-state index in [9.17, 15) is 14.9 Å². The van der Waals surface area contributed by atoms with E-state index in [1.807, 2.05) is 25.1 Å². The topological polar surface area (TPSA) is 84.3 Å². The molecule has 6 rings (SSSR count). The summed E-state index contributed by atoms with van der Waals surface area (Å²) in [6.45, 7) is 1.83. The van der Waals surface area contributed by atoms with Crippen LogP contribution in [0.2, 0.25) is 0 Å². The van der Waals surface area contributed by atoms with Crippen LogP contribution in [-0.2, 0) is 0 Å². The van der Waals surface area contributed by atoms with Crippen molar-refractivity contribution in [2.75, 3.05) is 10.6 Å². The molecule has 172 valence electrons. The Bertz CT molecular complexity index is 1290. The van der Waals surface area contributed by atoms with Crippen LogP contribution in [0.1, 0.15) is 58.3 Å². The van der Waals surface area contributed by atoms with Gasteiger partial charge in [-0.05, 0) is 84.7 Å². The average molecular weight is 454 g/mol. The molecule has 1 heterocycles. The second kappa shape index (κ2) is 7.97. The highest BCUT2D eigenvalue weighted by Crippen LogP contribution is 2.63. The number of amides is 1. The number of hydrogen-bond donors (Lipinski definition) is 2. The van der Waals surface area contributed by atoms with Crippen molar-refractivity contribution in [2.24, 2.45) is 17.8 Å². The van der Waals surface area contributed by atoms with Crippen LogP contribution >= 0.6 is 0 Å². The Morgan fingerprint density at radius 1 is 1.03 bits per heavy atom. The van der Waals surface area contributed by atoms with Crippen molar-refractivity contribution in [1.29, 1.82) is 0 Å². The predicted molar refractivity (Wildman–Crippen MR) is 132 cm³/mol. The Morgan fingerprint density at radius 3 is 2.62 bits per heavy atom. The fourth-order valence-electron chi connectivity index (χ4n) is 6.67. The summed E-state index contributed by atoms with van der Waals surface area (Å²) >= 11 is 0. The number of nitrogens with one attached hydrogen (secondary N) is 2. The number of aryl methyl sites for hydroxylation is 1. The van der Waals surface area contributed by atoms with Gasteiger partial charge in [-0.25, -0.2) is 0 Å². The maximum Gasteiger partial charge on any atom is 0.271 e. The molecular weight excluding hydrogens is 426 g/mol. The number of nitrogens with zero attached hydrogens (tertiary/aromatic N) is 1. The molecule has 2 fully saturated rings. The monoisotopic (exact) mass is 453 g/mol. The number of carbonyl (C=O) groups excluding carboxylic acids is 1. The molecule has 1 aliphatic heterocycles. The molecule has 1 amide bonds. The van der Waals surface area contributed by atoms with Gasteiger partial charge in [-0.3, -0.25) is 14.9 Å². The van der Waals surface area contributed by atoms with Gasteiger partial charge in [-0.15, -0.1) is 0 Å². The fourth-order valence-corrected chi connectivity index (χ4v) is 6.67. The SMILES string of the molecule is Cc1ccc([N+](=O)[O-])cc1NC(=O)c1ccc2c(c1)[C@@H]1[C@H]3CC[C@@H](C3)[C@@H]1[C@H](c1ccccc1)N2. The van der Waals surface area contributed by atoms with Crippen LogP contribution in [0.4, 0.5) is 17.1 Å². The second-order valence-corrected chi connectivity index (χ2v) is 9.98. The van der Waals surface area contributed by atoms with Crippen molar-refractivity contribution in [2.45, 2.75) is 38.1 Å². The molecule has 0 radical (unpaired) electrons. The first kappa shape index (κ1) is 20.9. The molecule has 0 unspecified atom stereocenters. The molecule has 0 spiro atoms. The van der Waals surface area contributed by atoms with Gasteiger partial charge in [0.1, 0.15) is 0 Å². The van der Waals surface area contributed by atoms with Crippen molar-refractivity contribution < 1.29 is 9.72 Å². The number of fused-ring (bicyclic) bond motifs is 7. The van der Waals surface area contributed by atoms with Crippen LogP contribution < -0.4 is 10.6 Å². The van der Waals surface area contributed by atoms with Gasteiger partial charge in [0, 0.05) is 23.4 Å². The van der Waals surface area contributed by atoms with E-state index >= 15 is 0 Å². The molecule has 0 aromatic heterocycles. The number of hydrogen-bond acceptors (Lipinski definition) is 4. The van der Waals surface area contributed by atoms with E-state index < -0.39 is 4.92 Å². The van der Waals surface area contributed by atoms with Crippen LogP contribution in [0, 0.1) is 34.8 Å². The minimum absolute atomic E-state index is 0.0349. The first-order valence-electron chi connectivity index (χ1n) is 12.0. The maximum absolute atomic E-state index is 13.2. The van der Waals surface area contributed by atoms with E-state index in [4.69, 9.17) is 0 Å². The quantitative estimate of drug-likeness (QED) is 0.351.